The van der Waals surface area contributed by atoms with Crippen molar-refractivity contribution in [2.45, 2.75) is 45.4 Å². The van der Waals surface area contributed by atoms with Crippen molar-refractivity contribution in [3.8, 4) is 5.69 Å². The molecule has 36 heavy (non-hydrogen) atoms. The fourth-order valence-corrected chi connectivity index (χ4v) is 8.31. The molecule has 1 nitrogen and oxygen atoms in total. The predicted molar refractivity (Wildman–Crippen MR) is 157 cm³/mol. The van der Waals surface area contributed by atoms with Crippen LogP contribution in [0.25, 0.3) is 27.5 Å². The van der Waals surface area contributed by atoms with E-state index in [2.05, 4.69) is 116 Å². The molecule has 0 saturated carbocycles. The Kier molecular flexibility index (Phi) is 4.86. The fourth-order valence-electron chi connectivity index (χ4n) is 6.31. The number of aromatic nitrogens is 1. The van der Waals surface area contributed by atoms with Gasteiger partial charge < -0.3 is 4.57 Å². The topological polar surface area (TPSA) is 4.93 Å². The highest BCUT2D eigenvalue weighted by Gasteiger charge is 2.47. The first-order chi connectivity index (χ1) is 17.5. The van der Waals surface area contributed by atoms with E-state index in [0.29, 0.717) is 5.92 Å². The average Bonchev–Trinajstić information content (AvgIpc) is 3.66. The Morgan fingerprint density at radius 1 is 0.778 bits per heavy atom. The van der Waals surface area contributed by atoms with Gasteiger partial charge >= 0.3 is 0 Å². The number of aryl methyl sites for hydroxylation is 2. The molecular weight excluding hydrogens is 475 g/mol. The van der Waals surface area contributed by atoms with Crippen molar-refractivity contribution >= 4 is 44.5 Å². The normalized spacial score (nSPS) is 14.9. The summed E-state index contributed by atoms with van der Waals surface area (Å²) in [4.78, 5) is 2.79. The maximum Gasteiger partial charge on any atom is 0.0928 e. The van der Waals surface area contributed by atoms with Gasteiger partial charge in [0.2, 0.25) is 0 Å². The molecule has 1 atom stereocenters. The zero-order chi connectivity index (χ0) is 24.6. The molecule has 0 N–H and O–H groups in total. The van der Waals surface area contributed by atoms with Crippen LogP contribution in [0.1, 0.15) is 63.8 Å². The summed E-state index contributed by atoms with van der Waals surface area (Å²) in [5.41, 5.74) is 10.5. The molecule has 178 valence electrons. The molecule has 4 heterocycles. The lowest BCUT2D eigenvalue weighted by atomic mass is 9.68. The number of hydrogen-bond acceptors (Lipinski definition) is 2. The Morgan fingerprint density at radius 2 is 1.50 bits per heavy atom. The van der Waals surface area contributed by atoms with Crippen molar-refractivity contribution in [3.63, 3.8) is 0 Å². The highest BCUT2D eigenvalue weighted by molar-refractivity contribution is 7.12. The zero-order valence-corrected chi connectivity index (χ0v) is 22.8. The lowest BCUT2D eigenvalue weighted by Crippen LogP contribution is -2.34. The molecule has 1 unspecified atom stereocenters. The van der Waals surface area contributed by atoms with Gasteiger partial charge in [0, 0.05) is 20.5 Å². The van der Waals surface area contributed by atoms with E-state index in [-0.39, 0.29) is 5.41 Å². The molecule has 3 heteroatoms. The Balaban J connectivity index is 1.77. The summed E-state index contributed by atoms with van der Waals surface area (Å²) in [5, 5.41) is 7.19. The van der Waals surface area contributed by atoms with Gasteiger partial charge in [0.25, 0.3) is 0 Å². The highest BCUT2D eigenvalue weighted by Crippen LogP contribution is 2.56. The van der Waals surface area contributed by atoms with Crippen LogP contribution < -0.4 is 0 Å². The molecular formula is C33H29NS2. The van der Waals surface area contributed by atoms with Crippen LogP contribution in [0.5, 0.6) is 0 Å². The SMILES string of the molecule is CCC(C)c1ccc2c(c1)C(c1cccs1)(c1cccs1)c1cc(C)cc3c4cc(C)ccc4n-2c13. The second kappa shape index (κ2) is 7.93. The first-order valence-corrected chi connectivity index (χ1v) is 14.6. The van der Waals surface area contributed by atoms with Gasteiger partial charge in [0.1, 0.15) is 0 Å². The van der Waals surface area contributed by atoms with E-state index >= 15 is 0 Å². The van der Waals surface area contributed by atoms with Gasteiger partial charge in [0.05, 0.1) is 22.1 Å². The van der Waals surface area contributed by atoms with Crippen LogP contribution >= 0.6 is 22.7 Å². The summed E-state index contributed by atoms with van der Waals surface area (Å²) >= 11 is 3.76. The summed E-state index contributed by atoms with van der Waals surface area (Å²) in [6, 6.07) is 28.2. The van der Waals surface area contributed by atoms with Gasteiger partial charge in [-0.2, -0.15) is 0 Å². The fraction of sp³-hybridized carbons (Fsp3) is 0.212. The molecule has 0 fully saturated rings. The maximum absolute atomic E-state index is 2.55. The summed E-state index contributed by atoms with van der Waals surface area (Å²) in [7, 11) is 0. The van der Waals surface area contributed by atoms with Gasteiger partial charge in [-0.25, -0.2) is 0 Å². The van der Waals surface area contributed by atoms with E-state index in [9.17, 15) is 0 Å². The van der Waals surface area contributed by atoms with Crippen molar-refractivity contribution in [1.82, 2.24) is 4.57 Å². The Morgan fingerprint density at radius 3 is 2.17 bits per heavy atom. The summed E-state index contributed by atoms with van der Waals surface area (Å²) < 4.78 is 2.55. The van der Waals surface area contributed by atoms with E-state index in [1.165, 1.54) is 65.1 Å². The molecule has 0 spiro atoms. The minimum Gasteiger partial charge on any atom is -0.309 e. The minimum absolute atomic E-state index is 0.329. The largest absolute Gasteiger partial charge is 0.309 e. The van der Waals surface area contributed by atoms with Gasteiger partial charge in [-0.1, -0.05) is 61.4 Å². The molecule has 3 aromatic carbocycles. The van der Waals surface area contributed by atoms with Gasteiger partial charge in [-0.3, -0.25) is 0 Å². The standard InChI is InChI=1S/C33H29NS2/c1-5-22(4)23-11-13-29-26(19-23)33(30-8-6-14-35-30,31-9-7-15-36-31)27-18-21(3)17-25-24-16-20(2)10-12-28(24)34(29)32(25)27/h6-19,22H,5H2,1-4H3. The van der Waals surface area contributed by atoms with Crippen LogP contribution in [0.3, 0.4) is 0 Å². The lowest BCUT2D eigenvalue weighted by Gasteiger charge is -2.40. The summed E-state index contributed by atoms with van der Waals surface area (Å²) in [5.74, 6) is 0.516. The van der Waals surface area contributed by atoms with Crippen LogP contribution in [0.4, 0.5) is 0 Å². The van der Waals surface area contributed by atoms with Crippen LogP contribution in [0, 0.1) is 13.8 Å². The molecule has 3 aromatic heterocycles. The van der Waals surface area contributed by atoms with Gasteiger partial charge in [0.15, 0.2) is 0 Å². The Bertz CT molecular complexity index is 1720. The van der Waals surface area contributed by atoms with Crippen molar-refractivity contribution in [3.05, 3.63) is 121 Å². The van der Waals surface area contributed by atoms with E-state index in [0.717, 1.165) is 6.42 Å². The Labute approximate surface area is 220 Å². The molecule has 0 aliphatic carbocycles. The van der Waals surface area contributed by atoms with Crippen LogP contribution in [0.15, 0.2) is 83.6 Å². The van der Waals surface area contributed by atoms with Crippen molar-refractivity contribution in [2.75, 3.05) is 0 Å². The van der Waals surface area contributed by atoms with Crippen LogP contribution in [-0.4, -0.2) is 4.57 Å². The number of fused-ring (bicyclic) bond motifs is 5. The number of thiophene rings is 2. The molecule has 1 aliphatic rings. The molecule has 7 rings (SSSR count). The van der Waals surface area contributed by atoms with Crippen molar-refractivity contribution in [2.24, 2.45) is 0 Å². The van der Waals surface area contributed by atoms with E-state index < -0.39 is 0 Å². The molecule has 1 aliphatic heterocycles. The molecule has 0 amide bonds. The summed E-state index contributed by atoms with van der Waals surface area (Å²) in [6.45, 7) is 9.10. The number of hydrogen-bond donors (Lipinski definition) is 0. The van der Waals surface area contributed by atoms with E-state index in [1.807, 2.05) is 22.7 Å². The number of nitrogens with zero attached hydrogens (tertiary/aromatic N) is 1. The monoisotopic (exact) mass is 503 g/mol. The minimum atomic E-state index is -0.329. The van der Waals surface area contributed by atoms with Crippen molar-refractivity contribution in [1.29, 1.82) is 0 Å². The predicted octanol–water partition coefficient (Wildman–Crippen LogP) is 9.73. The molecule has 0 radical (unpaired) electrons. The lowest BCUT2D eigenvalue weighted by molar-refractivity contribution is 0.716. The zero-order valence-electron chi connectivity index (χ0n) is 21.1. The molecule has 0 bridgehead atoms. The third kappa shape index (κ3) is 2.82. The van der Waals surface area contributed by atoms with Crippen molar-refractivity contribution < 1.29 is 0 Å². The Hall–Kier alpha value is -3.14. The van der Waals surface area contributed by atoms with Crippen LogP contribution in [-0.2, 0) is 5.41 Å². The molecule has 0 saturated heterocycles. The second-order valence-electron chi connectivity index (χ2n) is 10.4. The number of benzene rings is 3. The van der Waals surface area contributed by atoms with Gasteiger partial charge in [-0.15, -0.1) is 22.7 Å². The highest BCUT2D eigenvalue weighted by atomic mass is 32.1. The average molecular weight is 504 g/mol. The first kappa shape index (κ1) is 22.1. The van der Waals surface area contributed by atoms with E-state index in [1.54, 1.807) is 0 Å². The summed E-state index contributed by atoms with van der Waals surface area (Å²) in [6.07, 6.45) is 1.13. The molecule has 6 aromatic rings. The van der Waals surface area contributed by atoms with E-state index in [4.69, 9.17) is 0 Å². The maximum atomic E-state index is 2.55. The second-order valence-corrected chi connectivity index (χ2v) is 12.3. The third-order valence-corrected chi connectivity index (χ3v) is 10.2. The van der Waals surface area contributed by atoms with Crippen LogP contribution in [0.2, 0.25) is 0 Å². The third-order valence-electron chi connectivity index (χ3n) is 8.19. The smallest absolute Gasteiger partial charge is 0.0928 e. The number of rotatable bonds is 4. The van der Waals surface area contributed by atoms with Gasteiger partial charge in [-0.05, 0) is 90.0 Å². The quantitative estimate of drug-likeness (QED) is 0.225. The first-order valence-electron chi connectivity index (χ1n) is 12.8.